The van der Waals surface area contributed by atoms with Crippen molar-refractivity contribution in [1.29, 1.82) is 0 Å². The third-order valence-electron chi connectivity index (χ3n) is 6.92. The molecule has 2 heterocycles. The number of carbonyl (C=O) groups is 4. The molecule has 1 aromatic heterocycles. The van der Waals surface area contributed by atoms with Gasteiger partial charge in [0, 0.05) is 37.6 Å². The maximum atomic E-state index is 13.6. The molecule has 0 bridgehead atoms. The Morgan fingerprint density at radius 2 is 1.75 bits per heavy atom. The Balaban J connectivity index is 1.49. The summed E-state index contributed by atoms with van der Waals surface area (Å²) in [6.07, 6.45) is 1.91. The Bertz CT molecular complexity index is 1400. The molecule has 0 fully saturated rings. The number of anilines is 1. The quantitative estimate of drug-likeness (QED) is 0.325. The summed E-state index contributed by atoms with van der Waals surface area (Å²) in [7, 11) is 0. The van der Waals surface area contributed by atoms with Crippen LogP contribution in [-0.4, -0.2) is 52.0 Å². The van der Waals surface area contributed by atoms with E-state index in [2.05, 4.69) is 15.6 Å². The number of fused-ring (bicyclic) bond motifs is 1. The molecule has 2 aromatic carbocycles. The van der Waals surface area contributed by atoms with E-state index in [1.54, 1.807) is 37.3 Å². The Morgan fingerprint density at radius 1 is 1.05 bits per heavy atom. The third kappa shape index (κ3) is 7.11. The highest BCUT2D eigenvalue weighted by Crippen LogP contribution is 2.25. The number of nitrogens with zero attached hydrogens (tertiary/aromatic N) is 2. The van der Waals surface area contributed by atoms with Gasteiger partial charge in [-0.1, -0.05) is 66.2 Å². The van der Waals surface area contributed by atoms with Crippen molar-refractivity contribution in [2.75, 3.05) is 11.9 Å². The number of Topliss-reactive ketones (excluding diaryl/α,β-unsaturated/α-hetero) is 1. The van der Waals surface area contributed by atoms with Crippen LogP contribution in [0.3, 0.4) is 0 Å². The maximum absolute atomic E-state index is 13.6. The van der Waals surface area contributed by atoms with Crippen molar-refractivity contribution in [3.8, 4) is 0 Å². The van der Waals surface area contributed by atoms with Crippen molar-refractivity contribution < 1.29 is 19.2 Å². The Hall–Kier alpha value is -4.08. The van der Waals surface area contributed by atoms with E-state index in [1.165, 1.54) is 11.1 Å². The molecule has 0 saturated heterocycles. The number of halogens is 1. The van der Waals surface area contributed by atoms with Crippen LogP contribution in [0.2, 0.25) is 5.02 Å². The Labute approximate surface area is 238 Å². The minimum Gasteiger partial charge on any atom is -0.342 e. The third-order valence-corrected chi connectivity index (χ3v) is 7.32. The van der Waals surface area contributed by atoms with Gasteiger partial charge in [0.1, 0.15) is 17.9 Å². The van der Waals surface area contributed by atoms with E-state index in [1.807, 2.05) is 30.3 Å². The van der Waals surface area contributed by atoms with Gasteiger partial charge in [-0.3, -0.25) is 19.2 Å². The van der Waals surface area contributed by atoms with Crippen LogP contribution >= 0.6 is 11.6 Å². The number of hydrogen-bond donors (Lipinski definition) is 3. The fraction of sp³-hybridized carbons (Fsp3) is 0.300. The molecule has 2 atom stereocenters. The lowest BCUT2D eigenvalue weighted by Crippen LogP contribution is -2.56. The zero-order valence-electron chi connectivity index (χ0n) is 22.2. The summed E-state index contributed by atoms with van der Waals surface area (Å²) in [6.45, 7) is 2.18. The lowest BCUT2D eigenvalue weighted by atomic mass is 9.92. The highest BCUT2D eigenvalue weighted by atomic mass is 35.5. The topological polar surface area (TPSA) is 134 Å². The number of nitrogens with two attached hydrogens (primary N) is 1. The average Bonchev–Trinajstić information content (AvgIpc) is 2.97. The molecule has 0 radical (unpaired) electrons. The van der Waals surface area contributed by atoms with Gasteiger partial charge in [-0.15, -0.1) is 0 Å². The van der Waals surface area contributed by atoms with Crippen LogP contribution in [0.15, 0.2) is 66.9 Å². The van der Waals surface area contributed by atoms with Crippen molar-refractivity contribution in [3.05, 3.63) is 94.1 Å². The summed E-state index contributed by atoms with van der Waals surface area (Å²) >= 11 is 6.03. The predicted molar refractivity (Wildman–Crippen MR) is 153 cm³/mol. The summed E-state index contributed by atoms with van der Waals surface area (Å²) in [4.78, 5) is 58.3. The van der Waals surface area contributed by atoms with E-state index in [0.29, 0.717) is 16.4 Å². The van der Waals surface area contributed by atoms with Crippen molar-refractivity contribution in [3.63, 3.8) is 0 Å². The lowest BCUT2D eigenvalue weighted by molar-refractivity contribution is -0.142. The van der Waals surface area contributed by atoms with Crippen molar-refractivity contribution in [2.45, 2.75) is 51.2 Å². The summed E-state index contributed by atoms with van der Waals surface area (Å²) in [6, 6.07) is 16.3. The predicted octanol–water partition coefficient (Wildman–Crippen LogP) is 3.43. The number of ketones is 1. The van der Waals surface area contributed by atoms with Crippen LogP contribution in [-0.2, 0) is 27.3 Å². The van der Waals surface area contributed by atoms with Gasteiger partial charge in [0.15, 0.2) is 5.78 Å². The molecule has 0 aliphatic carbocycles. The molecular formula is C30H32ClN5O4. The monoisotopic (exact) mass is 561 g/mol. The van der Waals surface area contributed by atoms with Gasteiger partial charge in [-0.25, -0.2) is 4.98 Å². The fourth-order valence-electron chi connectivity index (χ4n) is 4.68. The number of carbonyl (C=O) groups excluding carboxylic acids is 4. The molecule has 0 unspecified atom stereocenters. The molecule has 0 saturated carbocycles. The minimum absolute atomic E-state index is 0.0288. The van der Waals surface area contributed by atoms with Gasteiger partial charge in [-0.2, -0.15) is 0 Å². The second kappa shape index (κ2) is 13.3. The molecule has 3 amide bonds. The molecule has 0 spiro atoms. The number of hydrogen-bond acceptors (Lipinski definition) is 6. The first kappa shape index (κ1) is 28.9. The first-order chi connectivity index (χ1) is 19.3. The minimum atomic E-state index is -0.941. The Kier molecular flexibility index (Phi) is 9.63. The van der Waals surface area contributed by atoms with Crippen molar-refractivity contribution in [2.24, 2.45) is 5.73 Å². The van der Waals surface area contributed by atoms with Gasteiger partial charge < -0.3 is 21.3 Å². The first-order valence-corrected chi connectivity index (χ1v) is 13.5. The highest BCUT2D eigenvalue weighted by molar-refractivity contribution is 6.31. The van der Waals surface area contributed by atoms with Gasteiger partial charge in [0.25, 0.3) is 0 Å². The van der Waals surface area contributed by atoms with E-state index < -0.39 is 23.9 Å². The molecule has 1 aliphatic rings. The van der Waals surface area contributed by atoms with Crippen LogP contribution in [0.5, 0.6) is 0 Å². The number of nitrogens with one attached hydrogen (secondary N) is 2. The van der Waals surface area contributed by atoms with Crippen molar-refractivity contribution in [1.82, 2.24) is 15.2 Å². The van der Waals surface area contributed by atoms with Crippen LogP contribution in [0.25, 0.3) is 0 Å². The van der Waals surface area contributed by atoms with Gasteiger partial charge >= 0.3 is 0 Å². The van der Waals surface area contributed by atoms with Gasteiger partial charge in [0.05, 0.1) is 5.02 Å². The number of benzene rings is 2. The fourth-order valence-corrected chi connectivity index (χ4v) is 4.78. The summed E-state index contributed by atoms with van der Waals surface area (Å²) in [5.41, 5.74) is 8.92. The standard InChI is InChI=1S/C30H32ClN5O4/c1-19-15-27(33-17-23(19)31)35-29(39)24(13-14-32)34-30(40)25-16-21-9-5-6-10-22(21)18-36(25)28(38)12-11-26(37)20-7-3-2-4-8-20/h2-10,15,17,24-25H,11-14,16,18,32H2,1H3,(H,34,40)(H,33,35,39)/t24-,25+/m0/s1. The number of amides is 3. The molecule has 10 heteroatoms. The largest absolute Gasteiger partial charge is 0.342 e. The molecule has 1 aliphatic heterocycles. The van der Waals surface area contributed by atoms with E-state index in [-0.39, 0.29) is 50.5 Å². The summed E-state index contributed by atoms with van der Waals surface area (Å²) in [5, 5.41) is 5.97. The first-order valence-electron chi connectivity index (χ1n) is 13.1. The van der Waals surface area contributed by atoms with E-state index in [0.717, 1.165) is 16.7 Å². The maximum Gasteiger partial charge on any atom is 0.248 e. The Morgan fingerprint density at radius 3 is 2.45 bits per heavy atom. The van der Waals surface area contributed by atoms with E-state index >= 15 is 0 Å². The number of rotatable bonds is 10. The van der Waals surface area contributed by atoms with Crippen LogP contribution in [0, 0.1) is 6.92 Å². The van der Waals surface area contributed by atoms with Crippen LogP contribution in [0.4, 0.5) is 5.82 Å². The van der Waals surface area contributed by atoms with Gasteiger partial charge in [-0.05, 0) is 42.6 Å². The average molecular weight is 562 g/mol. The van der Waals surface area contributed by atoms with Crippen LogP contribution in [0.1, 0.15) is 46.3 Å². The summed E-state index contributed by atoms with van der Waals surface area (Å²) in [5.74, 6) is -1.09. The SMILES string of the molecule is Cc1cc(NC(=O)[C@H](CCN)NC(=O)[C@H]2Cc3ccccc3CN2C(=O)CCC(=O)c2ccccc2)ncc1Cl. The molecule has 9 nitrogen and oxygen atoms in total. The number of aryl methyl sites for hydroxylation is 1. The highest BCUT2D eigenvalue weighted by Gasteiger charge is 2.36. The molecule has 3 aromatic rings. The molecule has 208 valence electrons. The second-order valence-electron chi connectivity index (χ2n) is 9.75. The van der Waals surface area contributed by atoms with E-state index in [4.69, 9.17) is 17.3 Å². The molecule has 4 N–H and O–H groups in total. The normalized spacial score (nSPS) is 15.1. The number of aromatic nitrogens is 1. The zero-order chi connectivity index (χ0) is 28.6. The van der Waals surface area contributed by atoms with Crippen LogP contribution < -0.4 is 16.4 Å². The molecular weight excluding hydrogens is 530 g/mol. The molecule has 40 heavy (non-hydrogen) atoms. The van der Waals surface area contributed by atoms with E-state index in [9.17, 15) is 19.2 Å². The smallest absolute Gasteiger partial charge is 0.248 e. The van der Waals surface area contributed by atoms with Gasteiger partial charge in [0.2, 0.25) is 17.7 Å². The molecule has 4 rings (SSSR count). The lowest BCUT2D eigenvalue weighted by Gasteiger charge is -2.36. The zero-order valence-corrected chi connectivity index (χ0v) is 23.0. The number of pyridine rings is 1. The second-order valence-corrected chi connectivity index (χ2v) is 10.2. The summed E-state index contributed by atoms with van der Waals surface area (Å²) < 4.78 is 0. The van der Waals surface area contributed by atoms with Crippen molar-refractivity contribution >= 4 is 40.9 Å².